The molecule has 1 saturated carbocycles. The summed E-state index contributed by atoms with van der Waals surface area (Å²) in [6, 6.07) is 0. The van der Waals surface area contributed by atoms with Gasteiger partial charge in [0.1, 0.15) is 0 Å². The first-order valence-electron chi connectivity index (χ1n) is 8.03. The summed E-state index contributed by atoms with van der Waals surface area (Å²) >= 11 is 0. The summed E-state index contributed by atoms with van der Waals surface area (Å²) in [7, 11) is 0. The maximum absolute atomic E-state index is 11.8. The second kappa shape index (κ2) is 8.25. The van der Waals surface area contributed by atoms with Crippen LogP contribution in [0.3, 0.4) is 0 Å². The second-order valence-corrected chi connectivity index (χ2v) is 6.33. The molecule has 0 aromatic rings. The third-order valence-electron chi connectivity index (χ3n) is 4.30. The number of alkyl carbamates (subject to hydrolysis) is 1. The Morgan fingerprint density at radius 1 is 1.10 bits per heavy atom. The van der Waals surface area contributed by atoms with E-state index in [1.54, 1.807) is 20.8 Å². The normalized spacial score (nSPS) is 18.9. The lowest BCUT2D eigenvalue weighted by Gasteiger charge is -2.36. The molecule has 122 valence electrons. The van der Waals surface area contributed by atoms with Crippen LogP contribution in [0, 0.1) is 11.3 Å². The van der Waals surface area contributed by atoms with E-state index in [4.69, 9.17) is 9.47 Å². The molecule has 0 aliphatic heterocycles. The Morgan fingerprint density at radius 3 is 2.24 bits per heavy atom. The predicted molar refractivity (Wildman–Crippen MR) is 80.7 cm³/mol. The smallest absolute Gasteiger partial charge is 0.410 e. The van der Waals surface area contributed by atoms with Crippen molar-refractivity contribution in [3.8, 4) is 0 Å². The summed E-state index contributed by atoms with van der Waals surface area (Å²) in [5.74, 6) is -0.600. The van der Waals surface area contributed by atoms with Crippen molar-refractivity contribution in [2.24, 2.45) is 11.3 Å². The number of carbonyl (C=O) groups is 2. The SMILES string of the molecule is CCC1(CNC(=O)OC(C)OC(=O)C(C)C)CCCCC1. The molecule has 1 rings (SSSR count). The highest BCUT2D eigenvalue weighted by Crippen LogP contribution is 2.38. The fraction of sp³-hybridized carbons (Fsp3) is 0.875. The van der Waals surface area contributed by atoms with Crippen LogP contribution in [0.15, 0.2) is 0 Å². The van der Waals surface area contributed by atoms with Gasteiger partial charge in [0.15, 0.2) is 0 Å². The van der Waals surface area contributed by atoms with Crippen molar-refractivity contribution >= 4 is 12.1 Å². The molecule has 5 nitrogen and oxygen atoms in total. The molecular weight excluding hydrogens is 270 g/mol. The van der Waals surface area contributed by atoms with Crippen LogP contribution in [-0.2, 0) is 14.3 Å². The number of hydrogen-bond donors (Lipinski definition) is 1. The summed E-state index contributed by atoms with van der Waals surface area (Å²) in [6.07, 6.45) is 5.74. The Morgan fingerprint density at radius 2 is 1.71 bits per heavy atom. The maximum Gasteiger partial charge on any atom is 0.410 e. The van der Waals surface area contributed by atoms with Gasteiger partial charge in [-0.25, -0.2) is 4.79 Å². The summed E-state index contributed by atoms with van der Waals surface area (Å²) in [5, 5.41) is 2.83. The van der Waals surface area contributed by atoms with Gasteiger partial charge in [0.2, 0.25) is 6.29 Å². The van der Waals surface area contributed by atoms with Crippen LogP contribution in [0.4, 0.5) is 4.79 Å². The van der Waals surface area contributed by atoms with Crippen LogP contribution in [0.25, 0.3) is 0 Å². The molecule has 0 aromatic heterocycles. The highest BCUT2D eigenvalue weighted by atomic mass is 16.7. The Bertz CT molecular complexity index is 348. The van der Waals surface area contributed by atoms with Crippen LogP contribution >= 0.6 is 0 Å². The molecule has 1 unspecified atom stereocenters. The summed E-state index contributed by atoms with van der Waals surface area (Å²) in [5.41, 5.74) is 0.203. The highest BCUT2D eigenvalue weighted by Gasteiger charge is 2.30. The highest BCUT2D eigenvalue weighted by molar-refractivity contribution is 5.72. The Labute approximate surface area is 127 Å². The molecule has 0 radical (unpaired) electrons. The van der Waals surface area contributed by atoms with E-state index >= 15 is 0 Å². The molecule has 0 aromatic carbocycles. The Kier molecular flexibility index (Phi) is 6.99. The van der Waals surface area contributed by atoms with Crippen LogP contribution in [0.2, 0.25) is 0 Å². The van der Waals surface area contributed by atoms with Crippen molar-refractivity contribution in [2.75, 3.05) is 6.54 Å². The maximum atomic E-state index is 11.8. The monoisotopic (exact) mass is 299 g/mol. The lowest BCUT2D eigenvalue weighted by Crippen LogP contribution is -2.40. The molecule has 21 heavy (non-hydrogen) atoms. The van der Waals surface area contributed by atoms with Crippen molar-refractivity contribution in [3.63, 3.8) is 0 Å². The molecule has 0 spiro atoms. The van der Waals surface area contributed by atoms with Gasteiger partial charge >= 0.3 is 12.1 Å². The number of amides is 1. The predicted octanol–water partition coefficient (Wildman–Crippen LogP) is 3.62. The number of ether oxygens (including phenoxy) is 2. The van der Waals surface area contributed by atoms with Crippen molar-refractivity contribution in [1.29, 1.82) is 0 Å². The van der Waals surface area contributed by atoms with E-state index in [1.165, 1.54) is 19.3 Å². The molecule has 1 fully saturated rings. The zero-order valence-electron chi connectivity index (χ0n) is 13.7. The third kappa shape index (κ3) is 5.94. The van der Waals surface area contributed by atoms with Crippen molar-refractivity contribution in [1.82, 2.24) is 5.32 Å². The van der Waals surface area contributed by atoms with Gasteiger partial charge in [-0.1, -0.05) is 40.0 Å². The minimum atomic E-state index is -0.858. The van der Waals surface area contributed by atoms with E-state index in [9.17, 15) is 9.59 Å². The average Bonchev–Trinajstić information content (AvgIpc) is 2.46. The Balaban J connectivity index is 2.34. The summed E-state index contributed by atoms with van der Waals surface area (Å²) in [6.45, 7) is 7.83. The fourth-order valence-electron chi connectivity index (χ4n) is 2.73. The van der Waals surface area contributed by atoms with E-state index < -0.39 is 12.4 Å². The third-order valence-corrected chi connectivity index (χ3v) is 4.30. The molecule has 1 atom stereocenters. The summed E-state index contributed by atoms with van der Waals surface area (Å²) < 4.78 is 10.1. The van der Waals surface area contributed by atoms with E-state index in [0.29, 0.717) is 6.54 Å². The zero-order valence-corrected chi connectivity index (χ0v) is 13.7. The molecule has 0 bridgehead atoms. The number of esters is 1. The molecule has 1 aliphatic carbocycles. The van der Waals surface area contributed by atoms with Crippen LogP contribution in [0.5, 0.6) is 0 Å². The lowest BCUT2D eigenvalue weighted by atomic mass is 9.72. The van der Waals surface area contributed by atoms with Gasteiger partial charge in [0, 0.05) is 13.5 Å². The van der Waals surface area contributed by atoms with Gasteiger partial charge in [-0.15, -0.1) is 0 Å². The topological polar surface area (TPSA) is 64.6 Å². The quantitative estimate of drug-likeness (QED) is 0.601. The molecular formula is C16H29NO4. The van der Waals surface area contributed by atoms with Gasteiger partial charge < -0.3 is 14.8 Å². The van der Waals surface area contributed by atoms with Gasteiger partial charge in [-0.2, -0.15) is 0 Å². The largest absolute Gasteiger partial charge is 0.425 e. The Hall–Kier alpha value is -1.26. The van der Waals surface area contributed by atoms with Gasteiger partial charge in [0.05, 0.1) is 5.92 Å². The van der Waals surface area contributed by atoms with Gasteiger partial charge in [-0.3, -0.25) is 4.79 Å². The zero-order chi connectivity index (χ0) is 15.9. The van der Waals surface area contributed by atoms with E-state index in [-0.39, 0.29) is 17.3 Å². The van der Waals surface area contributed by atoms with E-state index in [1.807, 2.05) is 0 Å². The fourth-order valence-corrected chi connectivity index (χ4v) is 2.73. The number of nitrogens with one attached hydrogen (secondary N) is 1. The van der Waals surface area contributed by atoms with Crippen molar-refractivity contribution in [2.45, 2.75) is 72.5 Å². The second-order valence-electron chi connectivity index (χ2n) is 6.33. The van der Waals surface area contributed by atoms with Crippen molar-refractivity contribution < 1.29 is 19.1 Å². The minimum Gasteiger partial charge on any atom is -0.425 e. The lowest BCUT2D eigenvalue weighted by molar-refractivity contribution is -0.168. The molecule has 1 aliphatic rings. The first-order valence-corrected chi connectivity index (χ1v) is 8.03. The molecule has 5 heteroatoms. The van der Waals surface area contributed by atoms with Gasteiger partial charge in [-0.05, 0) is 24.7 Å². The number of carbonyl (C=O) groups excluding carboxylic acids is 2. The van der Waals surface area contributed by atoms with Crippen LogP contribution in [-0.4, -0.2) is 24.9 Å². The van der Waals surface area contributed by atoms with Gasteiger partial charge in [0.25, 0.3) is 0 Å². The van der Waals surface area contributed by atoms with E-state index in [2.05, 4.69) is 12.2 Å². The van der Waals surface area contributed by atoms with Crippen LogP contribution in [0.1, 0.15) is 66.2 Å². The molecule has 1 N–H and O–H groups in total. The molecule has 1 amide bonds. The van der Waals surface area contributed by atoms with Crippen LogP contribution < -0.4 is 5.32 Å². The average molecular weight is 299 g/mol. The first-order chi connectivity index (χ1) is 9.88. The number of hydrogen-bond acceptors (Lipinski definition) is 4. The van der Waals surface area contributed by atoms with E-state index in [0.717, 1.165) is 19.3 Å². The minimum absolute atomic E-state index is 0.203. The van der Waals surface area contributed by atoms with Crippen molar-refractivity contribution in [3.05, 3.63) is 0 Å². The standard InChI is InChI=1S/C16H29NO4/c1-5-16(9-7-6-8-10-16)11-17-15(19)21-13(4)20-14(18)12(2)3/h12-13H,5-11H2,1-4H3,(H,17,19). The number of rotatable bonds is 6. The molecule has 0 heterocycles. The molecule has 0 saturated heterocycles. The first kappa shape index (κ1) is 17.8. The summed E-state index contributed by atoms with van der Waals surface area (Å²) in [4.78, 5) is 23.2.